The smallest absolute Gasteiger partial charge is 0.0691 e. The first-order valence-electron chi connectivity index (χ1n) is 5.89. The van der Waals surface area contributed by atoms with Crippen molar-refractivity contribution < 1.29 is 0 Å². The zero-order chi connectivity index (χ0) is 12.5. The zero-order valence-corrected chi connectivity index (χ0v) is 11.2. The van der Waals surface area contributed by atoms with Gasteiger partial charge in [-0.05, 0) is 42.7 Å². The Morgan fingerprint density at radius 1 is 1.22 bits per heavy atom. The molecule has 1 atom stereocenters. The van der Waals surface area contributed by atoms with Crippen molar-refractivity contribution in [1.29, 1.82) is 0 Å². The number of fused-ring (bicyclic) bond motifs is 1. The summed E-state index contributed by atoms with van der Waals surface area (Å²) in [5.74, 6) is 0. The maximum absolute atomic E-state index is 6.17. The van der Waals surface area contributed by atoms with E-state index in [9.17, 15) is 0 Å². The molecule has 1 aromatic carbocycles. The van der Waals surface area contributed by atoms with Crippen LogP contribution in [0.1, 0.15) is 23.7 Å². The number of nitrogens with one attached hydrogen (secondary N) is 1. The molecule has 0 spiro atoms. The molecule has 0 saturated carbocycles. The van der Waals surface area contributed by atoms with Crippen LogP contribution < -0.4 is 5.32 Å². The highest BCUT2D eigenvalue weighted by Gasteiger charge is 2.23. The molecule has 2 aromatic rings. The van der Waals surface area contributed by atoms with Gasteiger partial charge >= 0.3 is 0 Å². The lowest BCUT2D eigenvalue weighted by Gasteiger charge is -2.15. The molecule has 1 heterocycles. The maximum Gasteiger partial charge on any atom is 0.0691 e. The van der Waals surface area contributed by atoms with E-state index in [2.05, 4.69) is 16.4 Å². The molecular formula is C14H12Cl2N2. The number of hydrogen-bond acceptors (Lipinski definition) is 2. The summed E-state index contributed by atoms with van der Waals surface area (Å²) in [4.78, 5) is 4.45. The number of hydrogen-bond donors (Lipinski definition) is 1. The van der Waals surface area contributed by atoms with Crippen LogP contribution in [-0.2, 0) is 6.42 Å². The van der Waals surface area contributed by atoms with Gasteiger partial charge in [-0.15, -0.1) is 0 Å². The second-order valence-electron chi connectivity index (χ2n) is 4.41. The van der Waals surface area contributed by atoms with Crippen LogP contribution in [0.15, 0.2) is 36.5 Å². The van der Waals surface area contributed by atoms with Crippen molar-refractivity contribution in [2.45, 2.75) is 18.9 Å². The summed E-state index contributed by atoms with van der Waals surface area (Å²) in [6.07, 6.45) is 3.94. The van der Waals surface area contributed by atoms with Gasteiger partial charge in [0.25, 0.3) is 0 Å². The molecule has 1 unspecified atom stereocenters. The van der Waals surface area contributed by atoms with Crippen molar-refractivity contribution in [1.82, 2.24) is 4.98 Å². The molecule has 18 heavy (non-hydrogen) atoms. The third-order valence-corrected chi connectivity index (χ3v) is 3.77. The van der Waals surface area contributed by atoms with E-state index >= 15 is 0 Å². The number of pyridine rings is 1. The first-order chi connectivity index (χ1) is 8.74. The first kappa shape index (κ1) is 11.8. The van der Waals surface area contributed by atoms with E-state index in [0.717, 1.165) is 24.2 Å². The Bertz CT molecular complexity index is 584. The number of aryl methyl sites for hydroxylation is 1. The average Bonchev–Trinajstić information content (AvgIpc) is 2.76. The molecule has 0 saturated heterocycles. The van der Waals surface area contributed by atoms with Gasteiger partial charge in [-0.1, -0.05) is 29.3 Å². The minimum absolute atomic E-state index is 0.236. The quantitative estimate of drug-likeness (QED) is 0.876. The van der Waals surface area contributed by atoms with Crippen LogP contribution in [-0.4, -0.2) is 4.98 Å². The van der Waals surface area contributed by atoms with Gasteiger partial charge in [0, 0.05) is 11.2 Å². The monoisotopic (exact) mass is 278 g/mol. The van der Waals surface area contributed by atoms with E-state index in [0.29, 0.717) is 10.0 Å². The lowest BCUT2D eigenvalue weighted by molar-refractivity contribution is 0.746. The van der Waals surface area contributed by atoms with Crippen molar-refractivity contribution in [2.75, 3.05) is 5.32 Å². The van der Waals surface area contributed by atoms with Crippen molar-refractivity contribution in [3.8, 4) is 0 Å². The topological polar surface area (TPSA) is 24.9 Å². The number of aromatic nitrogens is 1. The summed E-state index contributed by atoms with van der Waals surface area (Å²) in [6, 6.07) is 9.85. The number of halogens is 2. The highest BCUT2D eigenvalue weighted by Crippen LogP contribution is 2.34. The van der Waals surface area contributed by atoms with Crippen LogP contribution in [0.5, 0.6) is 0 Å². The summed E-state index contributed by atoms with van der Waals surface area (Å²) < 4.78 is 0. The minimum Gasteiger partial charge on any atom is -0.375 e. The second-order valence-corrected chi connectivity index (χ2v) is 5.25. The van der Waals surface area contributed by atoms with E-state index < -0.39 is 0 Å². The van der Waals surface area contributed by atoms with Crippen LogP contribution in [0.25, 0.3) is 0 Å². The van der Waals surface area contributed by atoms with E-state index in [-0.39, 0.29) is 6.04 Å². The van der Waals surface area contributed by atoms with Gasteiger partial charge in [-0.2, -0.15) is 0 Å². The number of anilines is 1. The van der Waals surface area contributed by atoms with Crippen molar-refractivity contribution in [3.05, 3.63) is 57.8 Å². The van der Waals surface area contributed by atoms with Gasteiger partial charge in [-0.25, -0.2) is 0 Å². The molecule has 1 N–H and O–H groups in total. The number of nitrogens with zero attached hydrogens (tertiary/aromatic N) is 1. The first-order valence-corrected chi connectivity index (χ1v) is 6.65. The Kier molecular flexibility index (Phi) is 3.14. The molecule has 4 heteroatoms. The molecular weight excluding hydrogens is 267 g/mol. The van der Waals surface area contributed by atoms with Crippen molar-refractivity contribution in [3.63, 3.8) is 0 Å². The van der Waals surface area contributed by atoms with Gasteiger partial charge < -0.3 is 5.32 Å². The van der Waals surface area contributed by atoms with Crippen LogP contribution in [0.3, 0.4) is 0 Å². The molecule has 3 rings (SSSR count). The van der Waals surface area contributed by atoms with Crippen LogP contribution in [0, 0.1) is 0 Å². The Balaban J connectivity index is 1.86. The molecule has 92 valence electrons. The maximum atomic E-state index is 6.17. The molecule has 0 amide bonds. The molecule has 0 bridgehead atoms. The normalized spacial score (nSPS) is 17.6. The fourth-order valence-corrected chi connectivity index (χ4v) is 2.81. The third kappa shape index (κ3) is 2.18. The highest BCUT2D eigenvalue weighted by atomic mass is 35.5. The summed E-state index contributed by atoms with van der Waals surface area (Å²) in [6.45, 7) is 0. The number of rotatable bonds is 2. The standard InChI is InChI=1S/C14H12Cl2N2/c15-10-4-6-12(11(16)8-10)18-13-5-3-9-2-1-7-17-14(9)13/h1-2,4,6-8,13,18H,3,5H2. The zero-order valence-electron chi connectivity index (χ0n) is 9.66. The molecule has 1 aromatic heterocycles. The van der Waals surface area contributed by atoms with E-state index in [1.165, 1.54) is 5.56 Å². The van der Waals surface area contributed by atoms with Crippen LogP contribution >= 0.6 is 23.2 Å². The summed E-state index contributed by atoms with van der Waals surface area (Å²) >= 11 is 12.1. The van der Waals surface area contributed by atoms with Gasteiger partial charge in [0.05, 0.1) is 22.4 Å². The predicted octanol–water partition coefficient (Wildman–Crippen LogP) is 4.49. The Hall–Kier alpha value is -1.25. The second kappa shape index (κ2) is 4.79. The molecule has 2 nitrogen and oxygen atoms in total. The average molecular weight is 279 g/mol. The minimum atomic E-state index is 0.236. The molecule has 1 aliphatic rings. The van der Waals surface area contributed by atoms with Gasteiger partial charge in [0.15, 0.2) is 0 Å². The molecule has 0 aliphatic heterocycles. The molecule has 0 radical (unpaired) electrons. The van der Waals surface area contributed by atoms with Gasteiger partial charge in [-0.3, -0.25) is 4.98 Å². The highest BCUT2D eigenvalue weighted by molar-refractivity contribution is 6.36. The van der Waals surface area contributed by atoms with Crippen molar-refractivity contribution in [2.24, 2.45) is 0 Å². The SMILES string of the molecule is Clc1ccc(NC2CCc3cccnc32)c(Cl)c1. The fraction of sp³-hybridized carbons (Fsp3) is 0.214. The molecule has 1 aliphatic carbocycles. The Morgan fingerprint density at radius 3 is 2.94 bits per heavy atom. The largest absolute Gasteiger partial charge is 0.375 e. The van der Waals surface area contributed by atoms with Crippen LogP contribution in [0.2, 0.25) is 10.0 Å². The third-order valence-electron chi connectivity index (χ3n) is 3.22. The van der Waals surface area contributed by atoms with E-state index in [4.69, 9.17) is 23.2 Å². The summed E-state index contributed by atoms with van der Waals surface area (Å²) in [5.41, 5.74) is 3.35. The van der Waals surface area contributed by atoms with Gasteiger partial charge in [0.1, 0.15) is 0 Å². The summed E-state index contributed by atoms with van der Waals surface area (Å²) in [5, 5.41) is 4.73. The predicted molar refractivity (Wildman–Crippen MR) is 75.4 cm³/mol. The van der Waals surface area contributed by atoms with Crippen LogP contribution in [0.4, 0.5) is 5.69 Å². The lowest BCUT2D eigenvalue weighted by Crippen LogP contribution is -2.08. The fourth-order valence-electron chi connectivity index (χ4n) is 2.35. The summed E-state index contributed by atoms with van der Waals surface area (Å²) in [7, 11) is 0. The van der Waals surface area contributed by atoms with Crippen molar-refractivity contribution >= 4 is 28.9 Å². The Morgan fingerprint density at radius 2 is 2.11 bits per heavy atom. The Labute approximate surface area is 116 Å². The van der Waals surface area contributed by atoms with E-state index in [1.54, 1.807) is 6.07 Å². The lowest BCUT2D eigenvalue weighted by atomic mass is 10.2. The molecule has 0 fully saturated rings. The number of benzene rings is 1. The van der Waals surface area contributed by atoms with E-state index in [1.807, 2.05) is 24.4 Å². The van der Waals surface area contributed by atoms with Gasteiger partial charge in [0.2, 0.25) is 0 Å².